The highest BCUT2D eigenvalue weighted by Gasteiger charge is 2.32. The van der Waals surface area contributed by atoms with E-state index in [1.807, 2.05) is 7.11 Å². The quantitative estimate of drug-likeness (QED) is 0.760. The van der Waals surface area contributed by atoms with Gasteiger partial charge in [-0.25, -0.2) is 0 Å². The van der Waals surface area contributed by atoms with Gasteiger partial charge in [0, 0.05) is 25.7 Å². The van der Waals surface area contributed by atoms with Crippen LogP contribution in [0.5, 0.6) is 0 Å². The van der Waals surface area contributed by atoms with Crippen molar-refractivity contribution in [3.05, 3.63) is 0 Å². The molecule has 0 aromatic carbocycles. The van der Waals surface area contributed by atoms with Gasteiger partial charge in [-0.15, -0.1) is 0 Å². The Kier molecular flexibility index (Phi) is 5.70. The van der Waals surface area contributed by atoms with Crippen LogP contribution >= 0.6 is 0 Å². The molecule has 0 amide bonds. The molecule has 0 aromatic heterocycles. The summed E-state index contributed by atoms with van der Waals surface area (Å²) in [6, 6.07) is 1.38. The summed E-state index contributed by atoms with van der Waals surface area (Å²) in [5.41, 5.74) is 0. The van der Waals surface area contributed by atoms with Crippen LogP contribution in [0.25, 0.3) is 0 Å². The van der Waals surface area contributed by atoms with Crippen LogP contribution in [-0.4, -0.2) is 36.7 Å². The Morgan fingerprint density at radius 3 is 1.95 bits per heavy atom. The topological polar surface area (TPSA) is 12.5 Å². The van der Waals surface area contributed by atoms with Crippen LogP contribution < -0.4 is 0 Å². The van der Waals surface area contributed by atoms with E-state index >= 15 is 0 Å². The molecule has 1 heterocycles. The van der Waals surface area contributed by atoms with E-state index in [0.29, 0.717) is 18.2 Å². The van der Waals surface area contributed by atoms with Crippen LogP contribution in [0.4, 0.5) is 0 Å². The minimum atomic E-state index is 0.483. The molecule has 2 fully saturated rings. The first-order valence-electron chi connectivity index (χ1n) is 8.42. The maximum atomic E-state index is 5.57. The van der Waals surface area contributed by atoms with Gasteiger partial charge in [-0.3, -0.25) is 4.90 Å². The number of hydrogen-bond donors (Lipinski definition) is 0. The monoisotopic (exact) mass is 267 g/mol. The van der Waals surface area contributed by atoms with Crippen LogP contribution in [0.3, 0.4) is 0 Å². The summed E-state index contributed by atoms with van der Waals surface area (Å²) < 4.78 is 5.57. The fourth-order valence-corrected chi connectivity index (χ4v) is 4.24. The summed E-state index contributed by atoms with van der Waals surface area (Å²) in [4.78, 5) is 2.76. The lowest BCUT2D eigenvalue weighted by Crippen LogP contribution is -2.50. The van der Waals surface area contributed by atoms with Crippen molar-refractivity contribution < 1.29 is 4.74 Å². The van der Waals surface area contributed by atoms with Gasteiger partial charge in [0.1, 0.15) is 0 Å². The molecule has 2 aliphatic rings. The molecule has 112 valence electrons. The standard InChI is InChI=1S/C17H33NO/c1-5-15-6-8-16(9-7-15)12-18-13(2)10-17(19-4)11-14(18)3/h13-17H,5-12H2,1-4H3/t13-,14?,15?,16?,17?/m1/s1. The van der Waals surface area contributed by atoms with Crippen molar-refractivity contribution in [1.29, 1.82) is 0 Å². The molecule has 1 saturated carbocycles. The molecule has 2 heteroatoms. The molecular formula is C17H33NO. The van der Waals surface area contributed by atoms with Gasteiger partial charge in [0.05, 0.1) is 6.10 Å². The van der Waals surface area contributed by atoms with Crippen LogP contribution in [0.15, 0.2) is 0 Å². The second-order valence-corrected chi connectivity index (χ2v) is 7.02. The van der Waals surface area contributed by atoms with E-state index in [1.54, 1.807) is 0 Å². The van der Waals surface area contributed by atoms with E-state index in [0.717, 1.165) is 11.8 Å². The number of piperidine rings is 1. The zero-order valence-corrected chi connectivity index (χ0v) is 13.4. The van der Waals surface area contributed by atoms with Crippen molar-refractivity contribution >= 4 is 0 Å². The second-order valence-electron chi connectivity index (χ2n) is 7.02. The molecule has 1 aliphatic carbocycles. The van der Waals surface area contributed by atoms with Gasteiger partial charge >= 0.3 is 0 Å². The van der Waals surface area contributed by atoms with Crippen molar-refractivity contribution in [2.24, 2.45) is 11.8 Å². The summed E-state index contributed by atoms with van der Waals surface area (Å²) in [6.45, 7) is 8.46. The Morgan fingerprint density at radius 2 is 1.47 bits per heavy atom. The third-order valence-electron chi connectivity index (χ3n) is 5.69. The molecule has 2 unspecified atom stereocenters. The van der Waals surface area contributed by atoms with Crippen LogP contribution in [0.2, 0.25) is 0 Å². The lowest BCUT2D eigenvalue weighted by molar-refractivity contribution is -0.0206. The Labute approximate surface area is 119 Å². The SMILES string of the molecule is CCC1CCC(CN2C(C)CC(OC)C[C@H]2C)CC1. The van der Waals surface area contributed by atoms with Gasteiger partial charge < -0.3 is 4.74 Å². The Hall–Kier alpha value is -0.0800. The maximum Gasteiger partial charge on any atom is 0.0601 e. The van der Waals surface area contributed by atoms with Crippen molar-refractivity contribution in [2.45, 2.75) is 83.9 Å². The summed E-state index contributed by atoms with van der Waals surface area (Å²) in [5.74, 6) is 1.97. The van der Waals surface area contributed by atoms with Crippen molar-refractivity contribution in [3.63, 3.8) is 0 Å². The number of ether oxygens (including phenoxy) is 1. The zero-order valence-electron chi connectivity index (χ0n) is 13.4. The smallest absolute Gasteiger partial charge is 0.0601 e. The van der Waals surface area contributed by atoms with Gasteiger partial charge in [-0.2, -0.15) is 0 Å². The first-order valence-corrected chi connectivity index (χ1v) is 8.42. The Bertz CT molecular complexity index is 248. The number of hydrogen-bond acceptors (Lipinski definition) is 2. The molecule has 3 atom stereocenters. The van der Waals surface area contributed by atoms with Gasteiger partial charge in [0.25, 0.3) is 0 Å². The van der Waals surface area contributed by atoms with Crippen molar-refractivity contribution in [2.75, 3.05) is 13.7 Å². The first kappa shape index (κ1) is 15.3. The van der Waals surface area contributed by atoms with E-state index in [-0.39, 0.29) is 0 Å². The van der Waals surface area contributed by atoms with Crippen LogP contribution in [0.1, 0.15) is 65.7 Å². The predicted octanol–water partition coefficient (Wildman–Crippen LogP) is 4.09. The molecule has 0 bridgehead atoms. The summed E-state index contributed by atoms with van der Waals surface area (Å²) in [7, 11) is 1.87. The fraction of sp³-hybridized carbons (Fsp3) is 1.00. The molecule has 2 nitrogen and oxygen atoms in total. The second kappa shape index (κ2) is 7.08. The molecule has 1 aliphatic heterocycles. The lowest BCUT2D eigenvalue weighted by Gasteiger charge is -2.44. The predicted molar refractivity (Wildman–Crippen MR) is 81.4 cm³/mol. The number of methoxy groups -OCH3 is 1. The zero-order chi connectivity index (χ0) is 13.8. The van der Waals surface area contributed by atoms with E-state index < -0.39 is 0 Å². The normalized spacial score (nSPS) is 41.4. The highest BCUT2D eigenvalue weighted by Crippen LogP contribution is 2.33. The van der Waals surface area contributed by atoms with Gasteiger partial charge in [-0.05, 0) is 51.4 Å². The summed E-state index contributed by atoms with van der Waals surface area (Å²) >= 11 is 0. The van der Waals surface area contributed by atoms with Gasteiger partial charge in [-0.1, -0.05) is 26.2 Å². The van der Waals surface area contributed by atoms with E-state index in [1.165, 1.54) is 51.5 Å². The molecule has 0 radical (unpaired) electrons. The Morgan fingerprint density at radius 1 is 0.947 bits per heavy atom. The third-order valence-corrected chi connectivity index (χ3v) is 5.69. The minimum absolute atomic E-state index is 0.483. The molecule has 0 N–H and O–H groups in total. The van der Waals surface area contributed by atoms with Crippen molar-refractivity contribution in [3.8, 4) is 0 Å². The summed E-state index contributed by atoms with van der Waals surface area (Å²) in [5, 5.41) is 0. The maximum absolute atomic E-state index is 5.57. The van der Waals surface area contributed by atoms with E-state index in [9.17, 15) is 0 Å². The molecule has 1 saturated heterocycles. The number of likely N-dealkylation sites (tertiary alicyclic amines) is 1. The summed E-state index contributed by atoms with van der Waals surface area (Å²) in [6.07, 6.45) is 10.2. The largest absolute Gasteiger partial charge is 0.381 e. The average Bonchev–Trinajstić information content (AvgIpc) is 2.43. The molecule has 19 heavy (non-hydrogen) atoms. The highest BCUT2D eigenvalue weighted by atomic mass is 16.5. The number of nitrogens with zero attached hydrogens (tertiary/aromatic N) is 1. The lowest BCUT2D eigenvalue weighted by atomic mass is 9.80. The first-order chi connectivity index (χ1) is 9.13. The fourth-order valence-electron chi connectivity index (χ4n) is 4.24. The molecule has 0 aromatic rings. The average molecular weight is 267 g/mol. The Balaban J connectivity index is 1.82. The van der Waals surface area contributed by atoms with Gasteiger partial charge in [0.15, 0.2) is 0 Å². The van der Waals surface area contributed by atoms with E-state index in [4.69, 9.17) is 4.74 Å². The van der Waals surface area contributed by atoms with Crippen molar-refractivity contribution in [1.82, 2.24) is 4.90 Å². The molecule has 2 rings (SSSR count). The minimum Gasteiger partial charge on any atom is -0.381 e. The van der Waals surface area contributed by atoms with E-state index in [2.05, 4.69) is 25.7 Å². The highest BCUT2D eigenvalue weighted by molar-refractivity contribution is 4.87. The van der Waals surface area contributed by atoms with Crippen LogP contribution in [-0.2, 0) is 4.74 Å². The van der Waals surface area contributed by atoms with Gasteiger partial charge in [0.2, 0.25) is 0 Å². The molecular weight excluding hydrogens is 234 g/mol. The third kappa shape index (κ3) is 3.95. The molecule has 0 spiro atoms. The van der Waals surface area contributed by atoms with Crippen LogP contribution in [0, 0.1) is 11.8 Å². The number of rotatable bonds is 4.